The van der Waals surface area contributed by atoms with Crippen molar-refractivity contribution in [2.45, 2.75) is 58.5 Å². The number of fused-ring (bicyclic) bond motifs is 1. The van der Waals surface area contributed by atoms with Crippen LogP contribution in [0, 0.1) is 6.92 Å². The smallest absolute Gasteiger partial charge is 0.336 e. The van der Waals surface area contributed by atoms with Gasteiger partial charge in [0.15, 0.2) is 18.4 Å². The Hall–Kier alpha value is -3.47. The Balaban J connectivity index is 1.93. The number of halogens is 1. The molecule has 0 amide bonds. The molecular formula is C22H23FO10. The molecule has 0 aliphatic carbocycles. The van der Waals surface area contributed by atoms with E-state index >= 15 is 4.39 Å². The normalized spacial score (nSPS) is 24.7. The average molecular weight is 466 g/mol. The molecule has 2 heterocycles. The number of alkyl halides is 1. The monoisotopic (exact) mass is 466 g/mol. The second-order valence-electron chi connectivity index (χ2n) is 7.46. The van der Waals surface area contributed by atoms with E-state index in [0.717, 1.165) is 20.8 Å². The van der Waals surface area contributed by atoms with Crippen LogP contribution in [0.25, 0.3) is 11.0 Å². The van der Waals surface area contributed by atoms with Gasteiger partial charge in [0.1, 0.15) is 24.0 Å². The van der Waals surface area contributed by atoms with Crippen LogP contribution in [0.2, 0.25) is 0 Å². The molecule has 178 valence electrons. The summed E-state index contributed by atoms with van der Waals surface area (Å²) in [6.07, 6.45) is -7.93. The first-order valence-corrected chi connectivity index (χ1v) is 10.0. The molecule has 1 fully saturated rings. The fourth-order valence-corrected chi connectivity index (χ4v) is 3.46. The van der Waals surface area contributed by atoms with Crippen LogP contribution in [-0.4, -0.2) is 55.3 Å². The summed E-state index contributed by atoms with van der Waals surface area (Å²) in [6.45, 7) is 4.60. The molecule has 0 radical (unpaired) electrons. The summed E-state index contributed by atoms with van der Waals surface area (Å²) in [5, 5.41) is 0.661. The van der Waals surface area contributed by atoms with E-state index in [1.807, 2.05) is 0 Å². The fourth-order valence-electron chi connectivity index (χ4n) is 3.46. The highest BCUT2D eigenvalue weighted by atomic mass is 19.1. The van der Waals surface area contributed by atoms with Gasteiger partial charge in [0, 0.05) is 38.3 Å². The van der Waals surface area contributed by atoms with Crippen molar-refractivity contribution in [3.8, 4) is 5.75 Å². The van der Waals surface area contributed by atoms with Crippen LogP contribution in [0.3, 0.4) is 0 Å². The van der Waals surface area contributed by atoms with E-state index in [-0.39, 0.29) is 11.3 Å². The fraction of sp³-hybridized carbons (Fsp3) is 0.455. The largest absolute Gasteiger partial charge is 0.463 e. The number of esters is 3. The molecule has 1 aliphatic heterocycles. The molecule has 1 aromatic carbocycles. The molecule has 3 rings (SSSR count). The molecular weight excluding hydrogens is 443 g/mol. The summed E-state index contributed by atoms with van der Waals surface area (Å²) in [5.41, 5.74) is 0.357. The van der Waals surface area contributed by atoms with Crippen LogP contribution in [0.15, 0.2) is 33.5 Å². The van der Waals surface area contributed by atoms with Crippen molar-refractivity contribution in [2.75, 3.05) is 6.61 Å². The highest BCUT2D eigenvalue weighted by molar-refractivity contribution is 5.81. The summed E-state index contributed by atoms with van der Waals surface area (Å²) in [4.78, 5) is 46.0. The van der Waals surface area contributed by atoms with Crippen molar-refractivity contribution < 1.29 is 46.9 Å². The number of hydrogen-bond donors (Lipinski definition) is 0. The SMILES string of the molecule is CC(=O)OCC1OC(Oc2ccc3c(C)cc(=O)oc3c2)[C@H](OC(C)=O)C(F)C1OC(C)=O. The zero-order valence-electron chi connectivity index (χ0n) is 18.4. The quantitative estimate of drug-likeness (QED) is 0.354. The van der Waals surface area contributed by atoms with Crippen molar-refractivity contribution in [1.29, 1.82) is 0 Å². The van der Waals surface area contributed by atoms with Crippen molar-refractivity contribution in [3.63, 3.8) is 0 Å². The maximum atomic E-state index is 15.4. The maximum absolute atomic E-state index is 15.4. The van der Waals surface area contributed by atoms with Crippen LogP contribution >= 0.6 is 0 Å². The standard InChI is InChI=1S/C22H23FO10/c1-10-7-18(27)32-16-8-14(5-6-15(10)16)31-22-21(30-13(4)26)19(23)20(29-12(3)25)17(33-22)9-28-11(2)24/h5-8,17,19-22H,9H2,1-4H3/t17?,19?,20?,21-,22?/m1/s1. The Kier molecular flexibility index (Phi) is 7.32. The Morgan fingerprint density at radius 3 is 2.30 bits per heavy atom. The third-order valence-electron chi connectivity index (χ3n) is 4.80. The van der Waals surface area contributed by atoms with Gasteiger partial charge in [-0.05, 0) is 24.6 Å². The van der Waals surface area contributed by atoms with Crippen LogP contribution in [0.1, 0.15) is 26.3 Å². The third-order valence-corrected chi connectivity index (χ3v) is 4.80. The van der Waals surface area contributed by atoms with E-state index in [1.165, 1.54) is 18.2 Å². The predicted molar refractivity (Wildman–Crippen MR) is 109 cm³/mol. The first-order valence-electron chi connectivity index (χ1n) is 10.0. The second kappa shape index (κ2) is 9.99. The van der Waals surface area contributed by atoms with Crippen molar-refractivity contribution in [2.24, 2.45) is 0 Å². The lowest BCUT2D eigenvalue weighted by Gasteiger charge is -2.41. The maximum Gasteiger partial charge on any atom is 0.336 e. The Morgan fingerprint density at radius 1 is 1.00 bits per heavy atom. The molecule has 1 aliphatic rings. The number of carbonyl (C=O) groups is 3. The van der Waals surface area contributed by atoms with Gasteiger partial charge >= 0.3 is 23.5 Å². The Bertz CT molecular complexity index is 1110. The van der Waals surface area contributed by atoms with Crippen LogP contribution in [0.4, 0.5) is 4.39 Å². The predicted octanol–water partition coefficient (Wildman–Crippen LogP) is 1.97. The third kappa shape index (κ3) is 5.86. The molecule has 11 heteroatoms. The second-order valence-corrected chi connectivity index (χ2v) is 7.46. The molecule has 1 aromatic heterocycles. The first kappa shape index (κ1) is 24.2. The lowest BCUT2D eigenvalue weighted by Crippen LogP contribution is -2.61. The van der Waals surface area contributed by atoms with Gasteiger partial charge in [0.05, 0.1) is 0 Å². The van der Waals surface area contributed by atoms with Crippen LogP contribution < -0.4 is 10.4 Å². The molecule has 0 spiro atoms. The van der Waals surface area contributed by atoms with E-state index in [1.54, 1.807) is 13.0 Å². The van der Waals surface area contributed by atoms with E-state index in [9.17, 15) is 19.2 Å². The summed E-state index contributed by atoms with van der Waals surface area (Å²) in [5.74, 6) is -2.15. The molecule has 10 nitrogen and oxygen atoms in total. The lowest BCUT2D eigenvalue weighted by atomic mass is 10.00. The van der Waals surface area contributed by atoms with Gasteiger partial charge in [-0.2, -0.15) is 0 Å². The number of rotatable bonds is 6. The molecule has 4 unspecified atom stereocenters. The number of hydrogen-bond acceptors (Lipinski definition) is 10. The van der Waals surface area contributed by atoms with Gasteiger partial charge in [-0.15, -0.1) is 0 Å². The zero-order valence-corrected chi connectivity index (χ0v) is 18.4. The molecule has 0 bridgehead atoms. The van der Waals surface area contributed by atoms with Crippen molar-refractivity contribution >= 4 is 28.9 Å². The number of aryl methyl sites for hydroxylation is 1. The molecule has 0 saturated carbocycles. The van der Waals surface area contributed by atoms with E-state index in [2.05, 4.69) is 0 Å². The van der Waals surface area contributed by atoms with Crippen molar-refractivity contribution in [1.82, 2.24) is 0 Å². The summed E-state index contributed by atoms with van der Waals surface area (Å²) >= 11 is 0. The van der Waals surface area contributed by atoms with Gasteiger partial charge < -0.3 is 28.1 Å². The highest BCUT2D eigenvalue weighted by Crippen LogP contribution is 2.31. The zero-order chi connectivity index (χ0) is 24.3. The van der Waals surface area contributed by atoms with Gasteiger partial charge in [-0.3, -0.25) is 14.4 Å². The molecule has 33 heavy (non-hydrogen) atoms. The summed E-state index contributed by atoms with van der Waals surface area (Å²) < 4.78 is 47.0. The minimum Gasteiger partial charge on any atom is -0.463 e. The summed E-state index contributed by atoms with van der Waals surface area (Å²) in [7, 11) is 0. The van der Waals surface area contributed by atoms with Gasteiger partial charge in [0.25, 0.3) is 0 Å². The van der Waals surface area contributed by atoms with E-state index < -0.39 is 60.9 Å². The van der Waals surface area contributed by atoms with Crippen LogP contribution in [-0.2, 0) is 33.3 Å². The topological polar surface area (TPSA) is 128 Å². The number of benzene rings is 1. The van der Waals surface area contributed by atoms with Gasteiger partial charge in [-0.1, -0.05) is 0 Å². The van der Waals surface area contributed by atoms with Crippen LogP contribution in [0.5, 0.6) is 5.75 Å². The Labute approximate surface area is 187 Å². The molecule has 5 atom stereocenters. The summed E-state index contributed by atoms with van der Waals surface area (Å²) in [6, 6.07) is 5.92. The Morgan fingerprint density at radius 2 is 1.67 bits per heavy atom. The first-order chi connectivity index (χ1) is 15.5. The number of ether oxygens (including phenoxy) is 5. The minimum absolute atomic E-state index is 0.128. The molecule has 2 aromatic rings. The van der Waals surface area contributed by atoms with E-state index in [0.29, 0.717) is 10.9 Å². The van der Waals surface area contributed by atoms with Crippen molar-refractivity contribution in [3.05, 3.63) is 40.2 Å². The van der Waals surface area contributed by atoms with Gasteiger partial charge in [-0.25, -0.2) is 9.18 Å². The number of carbonyl (C=O) groups excluding carboxylic acids is 3. The molecule has 1 saturated heterocycles. The van der Waals surface area contributed by atoms with E-state index in [4.69, 9.17) is 28.1 Å². The molecule has 0 N–H and O–H groups in total. The van der Waals surface area contributed by atoms with Gasteiger partial charge in [0.2, 0.25) is 6.29 Å². The lowest BCUT2D eigenvalue weighted by molar-refractivity contribution is -0.274. The highest BCUT2D eigenvalue weighted by Gasteiger charge is 2.52. The minimum atomic E-state index is -2.06. The average Bonchev–Trinajstić information content (AvgIpc) is 2.70.